The summed E-state index contributed by atoms with van der Waals surface area (Å²) < 4.78 is 0. The minimum absolute atomic E-state index is 0.0801. The van der Waals surface area contributed by atoms with E-state index in [9.17, 15) is 4.79 Å². The third kappa shape index (κ3) is 4.20. The highest BCUT2D eigenvalue weighted by Crippen LogP contribution is 2.18. The second-order valence-corrected chi connectivity index (χ2v) is 6.38. The van der Waals surface area contributed by atoms with Crippen molar-refractivity contribution in [3.05, 3.63) is 67.1 Å². The lowest BCUT2D eigenvalue weighted by Gasteiger charge is -2.17. The molecule has 1 aliphatic rings. The van der Waals surface area contributed by atoms with Crippen LogP contribution >= 0.6 is 0 Å². The molecule has 136 valence electrons. The number of hydrogen-bond donors (Lipinski definition) is 2. The molecule has 2 aromatic heterocycles. The molecule has 7 nitrogen and oxygen atoms in total. The molecule has 4 rings (SSSR count). The van der Waals surface area contributed by atoms with Crippen LogP contribution in [0.5, 0.6) is 0 Å². The summed E-state index contributed by atoms with van der Waals surface area (Å²) in [6.07, 6.45) is 5.89. The fourth-order valence-corrected chi connectivity index (χ4v) is 3.11. The summed E-state index contributed by atoms with van der Waals surface area (Å²) in [4.78, 5) is 27.4. The number of carbonyl (C=O) groups excluding carboxylic acids is 1. The Kier molecular flexibility index (Phi) is 4.91. The summed E-state index contributed by atoms with van der Waals surface area (Å²) in [6.45, 7) is 1.62. The van der Waals surface area contributed by atoms with Gasteiger partial charge in [0.1, 0.15) is 5.82 Å². The minimum Gasteiger partial charge on any atom is -0.354 e. The minimum atomic E-state index is -0.251. The van der Waals surface area contributed by atoms with Gasteiger partial charge in [0.05, 0.1) is 18.1 Å². The molecule has 0 bridgehead atoms. The Labute approximate surface area is 157 Å². The summed E-state index contributed by atoms with van der Waals surface area (Å²) in [6, 6.07) is 15.4. The number of nitrogens with zero attached hydrogens (tertiary/aromatic N) is 4. The van der Waals surface area contributed by atoms with Crippen molar-refractivity contribution in [2.75, 3.05) is 23.3 Å². The van der Waals surface area contributed by atoms with Crippen molar-refractivity contribution in [3.8, 4) is 11.4 Å². The fraction of sp³-hybridized carbons (Fsp3) is 0.200. The fourth-order valence-electron chi connectivity index (χ4n) is 3.11. The molecule has 1 aliphatic heterocycles. The van der Waals surface area contributed by atoms with Crippen LogP contribution in [-0.4, -0.2) is 40.1 Å². The molecule has 1 unspecified atom stereocenters. The molecule has 1 fully saturated rings. The Hall–Kier alpha value is -3.48. The zero-order valence-corrected chi connectivity index (χ0v) is 14.7. The van der Waals surface area contributed by atoms with Crippen LogP contribution in [0.15, 0.2) is 67.1 Å². The molecule has 27 heavy (non-hydrogen) atoms. The smallest absolute Gasteiger partial charge is 0.319 e. The van der Waals surface area contributed by atoms with E-state index in [1.165, 1.54) is 0 Å². The first-order valence-corrected chi connectivity index (χ1v) is 8.89. The van der Waals surface area contributed by atoms with Crippen molar-refractivity contribution in [2.24, 2.45) is 0 Å². The van der Waals surface area contributed by atoms with Crippen molar-refractivity contribution in [1.82, 2.24) is 20.3 Å². The highest BCUT2D eigenvalue weighted by Gasteiger charge is 2.24. The van der Waals surface area contributed by atoms with Crippen LogP contribution in [-0.2, 0) is 0 Å². The standard InChI is InChI=1S/C20H20N6O/c27-20(24-16-9-11-26(14-16)18-8-4-5-10-21-18)25-17-12-22-19(23-13-17)15-6-2-1-3-7-15/h1-8,10,12-13,16H,9,11,14H2,(H2,24,25,27). The molecule has 1 atom stereocenters. The maximum Gasteiger partial charge on any atom is 0.319 e. The maximum atomic E-state index is 12.3. The number of carbonyl (C=O) groups is 1. The highest BCUT2D eigenvalue weighted by atomic mass is 16.2. The first-order valence-electron chi connectivity index (χ1n) is 8.89. The normalized spacial score (nSPS) is 16.1. The highest BCUT2D eigenvalue weighted by molar-refractivity contribution is 5.89. The van der Waals surface area contributed by atoms with E-state index >= 15 is 0 Å². The van der Waals surface area contributed by atoms with E-state index in [4.69, 9.17) is 0 Å². The molecule has 2 amide bonds. The largest absolute Gasteiger partial charge is 0.354 e. The van der Waals surface area contributed by atoms with Crippen molar-refractivity contribution in [1.29, 1.82) is 0 Å². The van der Waals surface area contributed by atoms with Crippen molar-refractivity contribution in [3.63, 3.8) is 0 Å². The Balaban J connectivity index is 1.31. The number of nitrogens with one attached hydrogen (secondary N) is 2. The van der Waals surface area contributed by atoms with Gasteiger partial charge in [-0.2, -0.15) is 0 Å². The van der Waals surface area contributed by atoms with E-state index in [0.29, 0.717) is 11.5 Å². The summed E-state index contributed by atoms with van der Waals surface area (Å²) in [7, 11) is 0. The first-order chi connectivity index (χ1) is 13.3. The molecule has 0 saturated carbocycles. The molecule has 2 N–H and O–H groups in total. The predicted molar refractivity (Wildman–Crippen MR) is 104 cm³/mol. The van der Waals surface area contributed by atoms with Gasteiger partial charge in [-0.1, -0.05) is 36.4 Å². The van der Waals surface area contributed by atoms with E-state index in [1.54, 1.807) is 18.6 Å². The Morgan fingerprint density at radius 2 is 1.78 bits per heavy atom. The van der Waals surface area contributed by atoms with Gasteiger partial charge < -0.3 is 15.5 Å². The Morgan fingerprint density at radius 3 is 2.52 bits per heavy atom. The number of rotatable bonds is 4. The van der Waals surface area contributed by atoms with Crippen LogP contribution in [0, 0.1) is 0 Å². The molecule has 0 aliphatic carbocycles. The number of pyridine rings is 1. The topological polar surface area (TPSA) is 83.0 Å². The van der Waals surface area contributed by atoms with Crippen LogP contribution in [0.4, 0.5) is 16.3 Å². The summed E-state index contributed by atoms with van der Waals surface area (Å²) >= 11 is 0. The van der Waals surface area contributed by atoms with Crippen molar-refractivity contribution < 1.29 is 4.79 Å². The van der Waals surface area contributed by atoms with E-state index < -0.39 is 0 Å². The van der Waals surface area contributed by atoms with E-state index in [1.807, 2.05) is 48.5 Å². The Morgan fingerprint density at radius 1 is 1.00 bits per heavy atom. The third-order valence-electron chi connectivity index (χ3n) is 4.44. The molecule has 3 aromatic rings. The molecule has 0 radical (unpaired) electrons. The monoisotopic (exact) mass is 360 g/mol. The number of benzene rings is 1. The van der Waals surface area contributed by atoms with Gasteiger partial charge in [-0.05, 0) is 18.6 Å². The third-order valence-corrected chi connectivity index (χ3v) is 4.44. The SMILES string of the molecule is O=C(Nc1cnc(-c2ccccc2)nc1)NC1CCN(c2ccccn2)C1. The van der Waals surface area contributed by atoms with Crippen LogP contribution in [0.25, 0.3) is 11.4 Å². The number of hydrogen-bond acceptors (Lipinski definition) is 5. The lowest BCUT2D eigenvalue weighted by atomic mass is 10.2. The van der Waals surface area contributed by atoms with Gasteiger partial charge in [0.25, 0.3) is 0 Å². The number of anilines is 2. The molecule has 0 spiro atoms. The molecule has 1 saturated heterocycles. The second-order valence-electron chi connectivity index (χ2n) is 6.38. The van der Waals surface area contributed by atoms with Gasteiger partial charge in [0, 0.05) is 30.9 Å². The quantitative estimate of drug-likeness (QED) is 0.747. The van der Waals surface area contributed by atoms with Crippen LogP contribution in [0.1, 0.15) is 6.42 Å². The zero-order chi connectivity index (χ0) is 18.5. The number of aromatic nitrogens is 3. The van der Waals surface area contributed by atoms with Gasteiger partial charge in [0.15, 0.2) is 5.82 Å². The van der Waals surface area contributed by atoms with Crippen molar-refractivity contribution in [2.45, 2.75) is 12.5 Å². The number of urea groups is 1. The summed E-state index contributed by atoms with van der Waals surface area (Å²) in [5.41, 5.74) is 1.50. The molecular formula is C20H20N6O. The molecule has 1 aromatic carbocycles. The summed E-state index contributed by atoms with van der Waals surface area (Å²) in [5.74, 6) is 1.57. The predicted octanol–water partition coefficient (Wildman–Crippen LogP) is 2.94. The van der Waals surface area contributed by atoms with Gasteiger partial charge in [-0.3, -0.25) is 0 Å². The average Bonchev–Trinajstić information content (AvgIpc) is 3.18. The number of amides is 2. The van der Waals surface area contributed by atoms with E-state index in [0.717, 1.165) is 30.9 Å². The first kappa shape index (κ1) is 17.0. The lowest BCUT2D eigenvalue weighted by Crippen LogP contribution is -2.39. The molecule has 3 heterocycles. The van der Waals surface area contributed by atoms with E-state index in [2.05, 4.69) is 30.5 Å². The lowest BCUT2D eigenvalue weighted by molar-refractivity contribution is 0.249. The Bertz CT molecular complexity index is 885. The second kappa shape index (κ2) is 7.82. The van der Waals surface area contributed by atoms with Crippen molar-refractivity contribution >= 4 is 17.5 Å². The molecular weight excluding hydrogens is 340 g/mol. The van der Waals surface area contributed by atoms with Crippen LogP contribution in [0.2, 0.25) is 0 Å². The van der Waals surface area contributed by atoms with E-state index in [-0.39, 0.29) is 12.1 Å². The zero-order valence-electron chi connectivity index (χ0n) is 14.7. The van der Waals surface area contributed by atoms with Gasteiger partial charge >= 0.3 is 6.03 Å². The van der Waals surface area contributed by atoms with Gasteiger partial charge in [0.2, 0.25) is 0 Å². The van der Waals surface area contributed by atoms with Crippen LogP contribution < -0.4 is 15.5 Å². The summed E-state index contributed by atoms with van der Waals surface area (Å²) in [5, 5.41) is 5.79. The maximum absolute atomic E-state index is 12.3. The van der Waals surface area contributed by atoms with Gasteiger partial charge in [-0.25, -0.2) is 19.7 Å². The average molecular weight is 360 g/mol. The van der Waals surface area contributed by atoms with Gasteiger partial charge in [-0.15, -0.1) is 0 Å². The van der Waals surface area contributed by atoms with Crippen LogP contribution in [0.3, 0.4) is 0 Å². The molecule has 7 heteroatoms.